The third-order valence-corrected chi connectivity index (χ3v) is 4.06. The monoisotopic (exact) mass is 329 g/mol. The molecule has 0 bridgehead atoms. The second-order valence-electron chi connectivity index (χ2n) is 3.94. The molecular weight excluding hydrogens is 318 g/mol. The number of nitrogens with one attached hydrogen (secondary N) is 2. The Labute approximate surface area is 126 Å². The predicted molar refractivity (Wildman–Crippen MR) is 78.3 cm³/mol. The van der Waals surface area contributed by atoms with E-state index in [9.17, 15) is 13.2 Å². The van der Waals surface area contributed by atoms with Crippen molar-refractivity contribution in [3.63, 3.8) is 0 Å². The Bertz CT molecular complexity index is 787. The van der Waals surface area contributed by atoms with E-state index in [1.54, 1.807) is 6.07 Å². The maximum absolute atomic E-state index is 12.1. The lowest BCUT2D eigenvalue weighted by Crippen LogP contribution is -2.16. The van der Waals surface area contributed by atoms with Crippen LogP contribution in [0.3, 0.4) is 0 Å². The number of hydrogen-bond acceptors (Lipinski definition) is 5. The van der Waals surface area contributed by atoms with E-state index in [1.165, 1.54) is 12.3 Å². The van der Waals surface area contributed by atoms with Gasteiger partial charge in [0.1, 0.15) is 9.92 Å². The van der Waals surface area contributed by atoms with Crippen LogP contribution in [0, 0.1) is 0 Å². The molecule has 2 aromatic heterocycles. The molecule has 2 N–H and O–H groups in total. The third-order valence-electron chi connectivity index (χ3n) is 2.42. The van der Waals surface area contributed by atoms with Crippen LogP contribution in [0.2, 0.25) is 5.02 Å². The molecule has 0 saturated carbocycles. The fourth-order valence-corrected chi connectivity index (χ4v) is 2.75. The van der Waals surface area contributed by atoms with Crippen molar-refractivity contribution in [1.29, 1.82) is 0 Å². The summed E-state index contributed by atoms with van der Waals surface area (Å²) in [6, 6.07) is 4.13. The summed E-state index contributed by atoms with van der Waals surface area (Å²) in [6.07, 6.45) is 2.40. The van der Waals surface area contributed by atoms with Crippen molar-refractivity contribution < 1.29 is 13.2 Å². The van der Waals surface area contributed by atoms with E-state index in [4.69, 9.17) is 16.3 Å². The van der Waals surface area contributed by atoms with E-state index >= 15 is 0 Å². The van der Waals surface area contributed by atoms with Gasteiger partial charge in [0.25, 0.3) is 15.6 Å². The Hall–Kier alpha value is -2.06. The van der Waals surface area contributed by atoms with E-state index in [-0.39, 0.29) is 15.6 Å². The Balaban J connectivity index is 2.24. The van der Waals surface area contributed by atoms with Crippen molar-refractivity contribution in [2.24, 2.45) is 0 Å². The van der Waals surface area contributed by atoms with Crippen LogP contribution in [-0.2, 0) is 10.0 Å². The minimum absolute atomic E-state index is 0.152. The minimum atomic E-state index is -3.86. The molecule has 9 heteroatoms. The Kier molecular flexibility index (Phi) is 4.49. The van der Waals surface area contributed by atoms with E-state index in [2.05, 4.69) is 14.7 Å². The zero-order chi connectivity index (χ0) is 15.5. The largest absolute Gasteiger partial charge is 0.478 e. The van der Waals surface area contributed by atoms with Gasteiger partial charge in [-0.2, -0.15) is 0 Å². The van der Waals surface area contributed by atoms with Gasteiger partial charge in [-0.1, -0.05) is 11.6 Å². The lowest BCUT2D eigenvalue weighted by Gasteiger charge is -2.08. The van der Waals surface area contributed by atoms with Gasteiger partial charge in [0.2, 0.25) is 5.88 Å². The molecular formula is C12H12ClN3O4S. The summed E-state index contributed by atoms with van der Waals surface area (Å²) in [7, 11) is -3.86. The van der Waals surface area contributed by atoms with Crippen molar-refractivity contribution in [3.05, 3.63) is 46.0 Å². The molecule has 7 nitrogen and oxygen atoms in total. The molecule has 0 radical (unpaired) electrons. The number of rotatable bonds is 5. The van der Waals surface area contributed by atoms with E-state index in [1.807, 2.05) is 6.92 Å². The fraction of sp³-hybridized carbons (Fsp3) is 0.167. The van der Waals surface area contributed by atoms with Crippen LogP contribution in [0.4, 0.5) is 5.69 Å². The molecule has 2 heterocycles. The van der Waals surface area contributed by atoms with Crippen LogP contribution in [0.25, 0.3) is 0 Å². The fourth-order valence-electron chi connectivity index (χ4n) is 1.48. The molecule has 0 aliphatic rings. The van der Waals surface area contributed by atoms with Gasteiger partial charge < -0.3 is 9.72 Å². The van der Waals surface area contributed by atoms with Crippen molar-refractivity contribution in [2.45, 2.75) is 11.8 Å². The second kappa shape index (κ2) is 6.15. The summed E-state index contributed by atoms with van der Waals surface area (Å²) in [4.78, 5) is 17.2. The molecule has 0 atom stereocenters. The lowest BCUT2D eigenvalue weighted by atomic mass is 10.4. The highest BCUT2D eigenvalue weighted by Gasteiger charge is 2.16. The Morgan fingerprint density at radius 2 is 2.19 bits per heavy atom. The van der Waals surface area contributed by atoms with Gasteiger partial charge in [0, 0.05) is 12.3 Å². The van der Waals surface area contributed by atoms with Gasteiger partial charge in [-0.3, -0.25) is 9.52 Å². The number of anilines is 1. The number of halogens is 1. The molecule has 0 aromatic carbocycles. The SMILES string of the molecule is CCOc1ccc(NS(=O)(=O)c2c[nH]c(=O)c(Cl)c2)cn1. The topological polar surface area (TPSA) is 101 Å². The van der Waals surface area contributed by atoms with Gasteiger partial charge in [-0.05, 0) is 19.1 Å². The highest BCUT2D eigenvalue weighted by atomic mass is 35.5. The Morgan fingerprint density at radius 1 is 1.43 bits per heavy atom. The molecule has 0 saturated heterocycles. The first-order valence-electron chi connectivity index (χ1n) is 5.92. The van der Waals surface area contributed by atoms with Gasteiger partial charge in [0.15, 0.2) is 0 Å². The van der Waals surface area contributed by atoms with Crippen molar-refractivity contribution in [3.8, 4) is 5.88 Å². The molecule has 112 valence electrons. The molecule has 0 spiro atoms. The quantitative estimate of drug-likeness (QED) is 0.868. The number of aromatic nitrogens is 2. The predicted octanol–water partition coefficient (Wildman–Crippen LogP) is 1.62. The maximum atomic E-state index is 12.1. The Morgan fingerprint density at radius 3 is 2.76 bits per heavy atom. The zero-order valence-electron chi connectivity index (χ0n) is 11.0. The number of nitrogens with zero attached hydrogens (tertiary/aromatic N) is 1. The molecule has 0 amide bonds. The number of ether oxygens (including phenoxy) is 1. The highest BCUT2D eigenvalue weighted by molar-refractivity contribution is 7.92. The van der Waals surface area contributed by atoms with Gasteiger partial charge in [-0.25, -0.2) is 13.4 Å². The average Bonchev–Trinajstić information content (AvgIpc) is 2.44. The van der Waals surface area contributed by atoms with Crippen LogP contribution < -0.4 is 15.0 Å². The summed E-state index contributed by atoms with van der Waals surface area (Å²) in [5, 5.41) is -0.206. The maximum Gasteiger partial charge on any atom is 0.266 e. The molecule has 2 rings (SSSR count). The normalized spacial score (nSPS) is 11.1. The zero-order valence-corrected chi connectivity index (χ0v) is 12.5. The van der Waals surface area contributed by atoms with Crippen molar-refractivity contribution >= 4 is 27.3 Å². The van der Waals surface area contributed by atoms with Crippen LogP contribution in [0.5, 0.6) is 5.88 Å². The number of H-pyrrole nitrogens is 1. The molecule has 0 unspecified atom stereocenters. The number of aromatic amines is 1. The summed E-state index contributed by atoms with van der Waals surface area (Å²) < 4.78 is 31.7. The minimum Gasteiger partial charge on any atom is -0.478 e. The van der Waals surface area contributed by atoms with E-state index in [0.717, 1.165) is 12.3 Å². The summed E-state index contributed by atoms with van der Waals surface area (Å²) in [5.41, 5.74) is -0.292. The lowest BCUT2D eigenvalue weighted by molar-refractivity contribution is 0.327. The van der Waals surface area contributed by atoms with Crippen LogP contribution in [0.15, 0.2) is 40.3 Å². The molecule has 0 aliphatic carbocycles. The van der Waals surface area contributed by atoms with Crippen LogP contribution >= 0.6 is 11.6 Å². The average molecular weight is 330 g/mol. The summed E-state index contributed by atoms with van der Waals surface area (Å²) in [5.74, 6) is 0.396. The molecule has 0 fully saturated rings. The molecule has 2 aromatic rings. The first kappa shape index (κ1) is 15.3. The van der Waals surface area contributed by atoms with Crippen molar-refractivity contribution in [1.82, 2.24) is 9.97 Å². The smallest absolute Gasteiger partial charge is 0.266 e. The van der Waals surface area contributed by atoms with Crippen molar-refractivity contribution in [2.75, 3.05) is 11.3 Å². The third kappa shape index (κ3) is 3.73. The van der Waals surface area contributed by atoms with E-state index in [0.29, 0.717) is 12.5 Å². The molecule has 21 heavy (non-hydrogen) atoms. The van der Waals surface area contributed by atoms with Gasteiger partial charge in [0.05, 0.1) is 18.5 Å². The van der Waals surface area contributed by atoms with Gasteiger partial charge >= 0.3 is 0 Å². The molecule has 0 aliphatic heterocycles. The van der Waals surface area contributed by atoms with Crippen LogP contribution in [-0.4, -0.2) is 25.0 Å². The summed E-state index contributed by atoms with van der Waals surface area (Å²) in [6.45, 7) is 2.28. The van der Waals surface area contributed by atoms with Gasteiger partial charge in [-0.15, -0.1) is 0 Å². The van der Waals surface area contributed by atoms with E-state index < -0.39 is 15.6 Å². The first-order valence-corrected chi connectivity index (χ1v) is 7.78. The summed E-state index contributed by atoms with van der Waals surface area (Å²) >= 11 is 5.61. The first-order chi connectivity index (χ1) is 9.92. The number of pyridine rings is 2. The number of sulfonamides is 1. The standard InChI is InChI=1S/C12H12ClN3O4S/c1-2-20-11-4-3-8(6-14-11)16-21(18,19)9-5-10(13)12(17)15-7-9/h3-7,16H,2H2,1H3,(H,15,17). The highest BCUT2D eigenvalue weighted by Crippen LogP contribution is 2.17. The second-order valence-corrected chi connectivity index (χ2v) is 6.03. The van der Waals surface area contributed by atoms with Crippen LogP contribution in [0.1, 0.15) is 6.92 Å². The number of hydrogen-bond donors (Lipinski definition) is 2.